The molecule has 240 valence electrons. The Bertz CT molecular complexity index is 1510. The predicted octanol–water partition coefficient (Wildman–Crippen LogP) is 2.70. The first kappa shape index (κ1) is 33.5. The van der Waals surface area contributed by atoms with E-state index in [0.29, 0.717) is 24.2 Å². The molecule has 6 N–H and O–H groups in total. The molecule has 1 aliphatic heterocycles. The number of rotatable bonds is 11. The summed E-state index contributed by atoms with van der Waals surface area (Å²) < 4.78 is 5.58. The molecule has 0 saturated carbocycles. The SMILES string of the molecule is CC(C)(C)OC(=O)N1CCCCN1C[C@@H](O)[C@@H](C(=O)[C@H](CC(N)=O)NC(=O)c1ccc2ccccc2n1)C(N)c1ccccc1. The number of hydrazine groups is 1. The maximum absolute atomic E-state index is 14.3. The molecule has 12 heteroatoms. The maximum Gasteiger partial charge on any atom is 0.424 e. The van der Waals surface area contributed by atoms with Crippen LogP contribution >= 0.6 is 0 Å². The molecule has 1 saturated heterocycles. The van der Waals surface area contributed by atoms with Crippen LogP contribution in [0.5, 0.6) is 0 Å². The Morgan fingerprint density at radius 1 is 0.978 bits per heavy atom. The molecule has 0 spiro atoms. The Kier molecular flexibility index (Phi) is 10.9. The fraction of sp³-hybridized carbons (Fsp3) is 0.424. The van der Waals surface area contributed by atoms with Gasteiger partial charge in [-0.1, -0.05) is 54.6 Å². The van der Waals surface area contributed by atoms with Crippen LogP contribution in [-0.2, 0) is 14.3 Å². The quantitative estimate of drug-likeness (QED) is 0.251. The van der Waals surface area contributed by atoms with Crippen LogP contribution in [0.15, 0.2) is 66.7 Å². The summed E-state index contributed by atoms with van der Waals surface area (Å²) in [5.74, 6) is -3.47. The monoisotopic (exact) mass is 618 g/mol. The lowest BCUT2D eigenvalue weighted by molar-refractivity contribution is -0.135. The summed E-state index contributed by atoms with van der Waals surface area (Å²) in [5.41, 5.74) is 12.6. The van der Waals surface area contributed by atoms with Crippen molar-refractivity contribution in [1.29, 1.82) is 0 Å². The standard InChI is InChI=1S/C33H42N6O6/c1-33(2,3)45-32(44)39-18-10-9-17-38(39)20-26(40)28(29(35)22-12-5-4-6-13-22)30(42)25(19-27(34)41)37-31(43)24-16-15-21-11-7-8-14-23(21)36-24/h4-8,11-16,25-26,28-29,40H,9-10,17-20,35H2,1-3H3,(H2,34,41)(H,37,43)/t25-,26+,28+,29?/m0/s1. The molecule has 1 aliphatic rings. The molecular formula is C33H42N6O6. The molecule has 0 radical (unpaired) electrons. The van der Waals surface area contributed by atoms with Crippen molar-refractivity contribution in [3.8, 4) is 0 Å². The summed E-state index contributed by atoms with van der Waals surface area (Å²) in [4.78, 5) is 57.1. The molecule has 1 aromatic heterocycles. The van der Waals surface area contributed by atoms with Crippen molar-refractivity contribution in [3.63, 3.8) is 0 Å². The number of nitrogens with zero attached hydrogens (tertiary/aromatic N) is 3. The fourth-order valence-electron chi connectivity index (χ4n) is 5.43. The number of aliphatic hydroxyl groups is 1. The third-order valence-electron chi connectivity index (χ3n) is 7.58. The summed E-state index contributed by atoms with van der Waals surface area (Å²) >= 11 is 0. The number of Topliss-reactive ketones (excluding diaryl/α,β-unsaturated/α-hetero) is 1. The van der Waals surface area contributed by atoms with Crippen LogP contribution in [0.1, 0.15) is 62.1 Å². The average Bonchev–Trinajstić information content (AvgIpc) is 3.00. The number of hydrogen-bond donors (Lipinski definition) is 4. The fourth-order valence-corrected chi connectivity index (χ4v) is 5.43. The highest BCUT2D eigenvalue weighted by Gasteiger charge is 2.41. The van der Waals surface area contributed by atoms with E-state index in [1.807, 2.05) is 12.1 Å². The number of nitrogens with two attached hydrogens (primary N) is 2. The van der Waals surface area contributed by atoms with Crippen molar-refractivity contribution in [2.24, 2.45) is 17.4 Å². The molecule has 4 rings (SSSR count). The highest BCUT2D eigenvalue weighted by Crippen LogP contribution is 2.28. The van der Waals surface area contributed by atoms with Gasteiger partial charge in [-0.05, 0) is 51.3 Å². The third kappa shape index (κ3) is 8.84. The molecule has 2 aromatic carbocycles. The van der Waals surface area contributed by atoms with Gasteiger partial charge >= 0.3 is 6.09 Å². The van der Waals surface area contributed by atoms with Gasteiger partial charge in [-0.25, -0.2) is 19.8 Å². The highest BCUT2D eigenvalue weighted by molar-refractivity contribution is 6.00. The van der Waals surface area contributed by atoms with Crippen LogP contribution in [0.2, 0.25) is 0 Å². The second-order valence-corrected chi connectivity index (χ2v) is 12.2. The van der Waals surface area contributed by atoms with Gasteiger partial charge in [0.1, 0.15) is 11.3 Å². The van der Waals surface area contributed by atoms with E-state index in [4.69, 9.17) is 16.2 Å². The predicted molar refractivity (Wildman–Crippen MR) is 168 cm³/mol. The Hall–Kier alpha value is -4.39. The topological polar surface area (TPSA) is 181 Å². The van der Waals surface area contributed by atoms with Gasteiger partial charge in [-0.15, -0.1) is 0 Å². The summed E-state index contributed by atoms with van der Waals surface area (Å²) in [6.45, 7) is 5.99. The van der Waals surface area contributed by atoms with Crippen LogP contribution in [0.4, 0.5) is 4.79 Å². The van der Waals surface area contributed by atoms with Gasteiger partial charge in [-0.2, -0.15) is 0 Å². The van der Waals surface area contributed by atoms with Crippen LogP contribution < -0.4 is 16.8 Å². The number of carbonyl (C=O) groups excluding carboxylic acids is 4. The van der Waals surface area contributed by atoms with Crippen molar-refractivity contribution >= 4 is 34.6 Å². The van der Waals surface area contributed by atoms with E-state index in [-0.39, 0.29) is 12.2 Å². The number of benzene rings is 2. The number of amides is 3. The molecule has 1 unspecified atom stereocenters. The number of nitrogens with one attached hydrogen (secondary N) is 1. The number of aliphatic hydroxyl groups excluding tert-OH is 1. The molecule has 12 nitrogen and oxygen atoms in total. The third-order valence-corrected chi connectivity index (χ3v) is 7.58. The Morgan fingerprint density at radius 3 is 2.33 bits per heavy atom. The van der Waals surface area contributed by atoms with Crippen molar-refractivity contribution in [1.82, 2.24) is 20.3 Å². The van der Waals surface area contributed by atoms with Crippen LogP contribution in [-0.4, -0.2) is 81.2 Å². The molecule has 45 heavy (non-hydrogen) atoms. The molecule has 0 aliphatic carbocycles. The minimum atomic E-state index is -1.40. The average molecular weight is 619 g/mol. The van der Waals surface area contributed by atoms with Gasteiger partial charge < -0.3 is 26.6 Å². The summed E-state index contributed by atoms with van der Waals surface area (Å²) in [5, 5.41) is 18.2. The number of primary amides is 1. The van der Waals surface area contributed by atoms with Crippen molar-refractivity contribution in [2.45, 2.75) is 63.8 Å². The Morgan fingerprint density at radius 2 is 1.64 bits per heavy atom. The van der Waals surface area contributed by atoms with E-state index in [1.54, 1.807) is 74.3 Å². The minimum Gasteiger partial charge on any atom is -0.443 e. The zero-order chi connectivity index (χ0) is 32.7. The van der Waals surface area contributed by atoms with Crippen molar-refractivity contribution in [2.75, 3.05) is 19.6 Å². The maximum atomic E-state index is 14.3. The normalized spacial score (nSPS) is 16.8. The van der Waals surface area contributed by atoms with Crippen molar-refractivity contribution in [3.05, 3.63) is 78.0 Å². The highest BCUT2D eigenvalue weighted by atomic mass is 16.6. The van der Waals surface area contributed by atoms with Gasteiger partial charge in [0.15, 0.2) is 5.78 Å². The number of β-amino-alcohol motifs (C(OH)–C–C–N with tert-alkyl or cyclic N) is 1. The van der Waals surface area contributed by atoms with E-state index < -0.39 is 59.8 Å². The Balaban J connectivity index is 1.63. The number of fused-ring (bicyclic) bond motifs is 1. The molecule has 1 fully saturated rings. The molecular weight excluding hydrogens is 576 g/mol. The molecule has 2 heterocycles. The van der Waals surface area contributed by atoms with Gasteiger partial charge in [-0.3, -0.25) is 14.4 Å². The largest absolute Gasteiger partial charge is 0.443 e. The summed E-state index contributed by atoms with van der Waals surface area (Å²) in [6, 6.07) is 16.8. The van der Waals surface area contributed by atoms with E-state index in [2.05, 4.69) is 10.3 Å². The van der Waals surface area contributed by atoms with Crippen LogP contribution in [0.25, 0.3) is 10.9 Å². The molecule has 4 atom stereocenters. The lowest BCUT2D eigenvalue weighted by Crippen LogP contribution is -2.57. The van der Waals surface area contributed by atoms with Gasteiger partial charge in [0.2, 0.25) is 5.91 Å². The van der Waals surface area contributed by atoms with Crippen LogP contribution in [0, 0.1) is 5.92 Å². The zero-order valence-corrected chi connectivity index (χ0v) is 25.9. The lowest BCUT2D eigenvalue weighted by atomic mass is 9.82. The number of hydrogen-bond acceptors (Lipinski definition) is 9. The van der Waals surface area contributed by atoms with Gasteiger partial charge in [0.05, 0.1) is 30.0 Å². The van der Waals surface area contributed by atoms with E-state index >= 15 is 0 Å². The van der Waals surface area contributed by atoms with E-state index in [1.165, 1.54) is 11.1 Å². The number of ketones is 1. The van der Waals surface area contributed by atoms with Gasteiger partial charge in [0.25, 0.3) is 5.91 Å². The van der Waals surface area contributed by atoms with Crippen LogP contribution in [0.3, 0.4) is 0 Å². The molecule has 3 aromatic rings. The molecule has 3 amide bonds. The minimum absolute atomic E-state index is 0.0433. The van der Waals surface area contributed by atoms with E-state index in [0.717, 1.165) is 18.2 Å². The second-order valence-electron chi connectivity index (χ2n) is 12.2. The first-order valence-electron chi connectivity index (χ1n) is 15.1. The molecule has 0 bridgehead atoms. The lowest BCUT2D eigenvalue weighted by Gasteiger charge is -2.41. The smallest absolute Gasteiger partial charge is 0.424 e. The second kappa shape index (κ2) is 14.6. The number of para-hydroxylation sites is 1. The number of ether oxygens (including phenoxy) is 1. The summed E-state index contributed by atoms with van der Waals surface area (Å²) in [6.07, 6.45) is -0.980. The first-order chi connectivity index (χ1) is 21.3. The zero-order valence-electron chi connectivity index (χ0n) is 25.9. The van der Waals surface area contributed by atoms with Crippen molar-refractivity contribution < 1.29 is 29.0 Å². The number of pyridine rings is 1. The number of aromatic nitrogens is 1. The first-order valence-corrected chi connectivity index (χ1v) is 15.1. The van der Waals surface area contributed by atoms with E-state index in [9.17, 15) is 24.3 Å². The van der Waals surface area contributed by atoms with Gasteiger partial charge in [0, 0.05) is 31.1 Å². The number of carbonyl (C=O) groups is 4. The Labute approximate surface area is 262 Å². The summed E-state index contributed by atoms with van der Waals surface area (Å²) in [7, 11) is 0.